The van der Waals surface area contributed by atoms with Crippen LogP contribution in [0.25, 0.3) is 0 Å². The van der Waals surface area contributed by atoms with Crippen LogP contribution in [0.4, 0.5) is 0 Å². The van der Waals surface area contributed by atoms with Gasteiger partial charge in [-0.2, -0.15) is 5.10 Å². The first-order valence-corrected chi connectivity index (χ1v) is 6.39. The molecule has 0 saturated carbocycles. The van der Waals surface area contributed by atoms with Crippen molar-refractivity contribution >= 4 is 21.8 Å². The number of carbonyl (C=O) groups excluding carboxylic acids is 1. The van der Waals surface area contributed by atoms with Crippen LogP contribution >= 0.6 is 15.9 Å². The highest BCUT2D eigenvalue weighted by Crippen LogP contribution is 2.11. The molecule has 1 N–H and O–H groups in total. The Morgan fingerprint density at radius 3 is 2.83 bits per heavy atom. The van der Waals surface area contributed by atoms with Crippen LogP contribution in [0.2, 0.25) is 0 Å². The van der Waals surface area contributed by atoms with E-state index >= 15 is 0 Å². The summed E-state index contributed by atoms with van der Waals surface area (Å²) in [6, 6.07) is 9.26. The lowest BCUT2D eigenvalue weighted by Gasteiger charge is -2.03. The Kier molecular flexibility index (Phi) is 3.81. The van der Waals surface area contributed by atoms with Gasteiger partial charge in [0.2, 0.25) is 0 Å². The van der Waals surface area contributed by atoms with Crippen LogP contribution in [0.5, 0.6) is 0 Å². The molecule has 0 spiro atoms. The van der Waals surface area contributed by atoms with Crippen molar-refractivity contribution in [2.75, 3.05) is 0 Å². The second kappa shape index (κ2) is 5.35. The maximum Gasteiger partial charge on any atom is 0.251 e. The molecule has 0 bridgehead atoms. The van der Waals surface area contributed by atoms with Crippen LogP contribution in [-0.4, -0.2) is 15.7 Å². The fourth-order valence-corrected chi connectivity index (χ4v) is 2.02. The quantitative estimate of drug-likeness (QED) is 0.946. The monoisotopic (exact) mass is 307 g/mol. The van der Waals surface area contributed by atoms with E-state index in [-0.39, 0.29) is 5.91 Å². The van der Waals surface area contributed by atoms with Gasteiger partial charge in [-0.05, 0) is 31.2 Å². The van der Waals surface area contributed by atoms with Gasteiger partial charge in [0.25, 0.3) is 5.91 Å². The van der Waals surface area contributed by atoms with Gasteiger partial charge in [0, 0.05) is 22.8 Å². The summed E-state index contributed by atoms with van der Waals surface area (Å²) < 4.78 is 2.68. The lowest BCUT2D eigenvalue weighted by molar-refractivity contribution is 0.0950. The van der Waals surface area contributed by atoms with Gasteiger partial charge in [-0.15, -0.1) is 0 Å². The van der Waals surface area contributed by atoms with Crippen molar-refractivity contribution in [3.8, 4) is 0 Å². The first kappa shape index (κ1) is 12.8. The van der Waals surface area contributed by atoms with Crippen molar-refractivity contribution in [2.45, 2.75) is 13.5 Å². The Morgan fingerprint density at radius 2 is 2.22 bits per heavy atom. The van der Waals surface area contributed by atoms with Crippen LogP contribution in [0.1, 0.15) is 21.7 Å². The number of rotatable bonds is 3. The van der Waals surface area contributed by atoms with Gasteiger partial charge < -0.3 is 5.32 Å². The molecule has 0 atom stereocenters. The number of hydrogen-bond donors (Lipinski definition) is 1. The van der Waals surface area contributed by atoms with E-state index in [0.717, 1.165) is 15.9 Å². The Hall–Kier alpha value is -1.62. The van der Waals surface area contributed by atoms with Crippen molar-refractivity contribution < 1.29 is 4.79 Å². The molecule has 0 aliphatic heterocycles. The van der Waals surface area contributed by atoms with Gasteiger partial charge in [0.05, 0.1) is 12.2 Å². The molecule has 0 saturated heterocycles. The van der Waals surface area contributed by atoms with Crippen molar-refractivity contribution in [3.05, 3.63) is 51.8 Å². The van der Waals surface area contributed by atoms with Gasteiger partial charge in [0.1, 0.15) is 0 Å². The maximum absolute atomic E-state index is 11.9. The van der Waals surface area contributed by atoms with Gasteiger partial charge >= 0.3 is 0 Å². The summed E-state index contributed by atoms with van der Waals surface area (Å²) >= 11 is 3.34. The Bertz CT molecular complexity index is 558. The van der Waals surface area contributed by atoms with Crippen molar-refractivity contribution in [1.29, 1.82) is 0 Å². The van der Waals surface area contributed by atoms with Crippen molar-refractivity contribution in [2.24, 2.45) is 7.05 Å². The summed E-state index contributed by atoms with van der Waals surface area (Å²) in [5.74, 6) is -0.0976. The summed E-state index contributed by atoms with van der Waals surface area (Å²) in [6.07, 6.45) is 0. The molecule has 2 aromatic rings. The SMILES string of the molecule is Cc1cc(CNC(=O)c2cccc(Br)c2)nn1C. The molecular formula is C13H14BrN3O. The lowest BCUT2D eigenvalue weighted by atomic mass is 10.2. The normalized spacial score (nSPS) is 10.4. The standard InChI is InChI=1S/C13H14BrN3O/c1-9-6-12(16-17(9)2)8-15-13(18)10-4-3-5-11(14)7-10/h3-7H,8H2,1-2H3,(H,15,18). The minimum Gasteiger partial charge on any atom is -0.346 e. The van der Waals surface area contributed by atoms with Gasteiger partial charge in [-0.25, -0.2) is 0 Å². The third-order valence-electron chi connectivity index (χ3n) is 2.68. The number of nitrogens with zero attached hydrogens (tertiary/aromatic N) is 2. The highest BCUT2D eigenvalue weighted by atomic mass is 79.9. The van der Waals surface area contributed by atoms with Crippen molar-refractivity contribution in [1.82, 2.24) is 15.1 Å². The third-order valence-corrected chi connectivity index (χ3v) is 3.17. The minimum atomic E-state index is -0.0976. The molecule has 4 nitrogen and oxygen atoms in total. The largest absolute Gasteiger partial charge is 0.346 e. The van der Waals surface area contributed by atoms with Crippen LogP contribution in [-0.2, 0) is 13.6 Å². The fourth-order valence-electron chi connectivity index (χ4n) is 1.62. The molecule has 0 radical (unpaired) electrons. The van der Waals surface area contributed by atoms with E-state index in [1.807, 2.05) is 32.2 Å². The molecule has 0 fully saturated rings. The molecule has 5 heteroatoms. The average molecular weight is 308 g/mol. The highest BCUT2D eigenvalue weighted by Gasteiger charge is 2.07. The van der Waals surface area contributed by atoms with E-state index in [1.54, 1.807) is 16.8 Å². The molecule has 18 heavy (non-hydrogen) atoms. The predicted octanol–water partition coefficient (Wildman–Crippen LogP) is 2.42. The number of nitrogens with one attached hydrogen (secondary N) is 1. The molecule has 0 aliphatic carbocycles. The zero-order valence-corrected chi connectivity index (χ0v) is 11.9. The van der Waals surface area contributed by atoms with E-state index in [2.05, 4.69) is 26.3 Å². The van der Waals surface area contributed by atoms with Gasteiger partial charge in [-0.3, -0.25) is 9.48 Å². The summed E-state index contributed by atoms with van der Waals surface area (Å²) in [7, 11) is 1.88. The van der Waals surface area contributed by atoms with Gasteiger partial charge in [0.15, 0.2) is 0 Å². The molecule has 1 amide bonds. The molecule has 1 aromatic heterocycles. The zero-order valence-electron chi connectivity index (χ0n) is 10.3. The van der Waals surface area contributed by atoms with E-state index < -0.39 is 0 Å². The fraction of sp³-hybridized carbons (Fsp3) is 0.231. The molecular weight excluding hydrogens is 294 g/mol. The van der Waals surface area contributed by atoms with E-state index in [4.69, 9.17) is 0 Å². The number of carbonyl (C=O) groups is 1. The van der Waals surface area contributed by atoms with E-state index in [1.165, 1.54) is 0 Å². The number of halogens is 1. The topological polar surface area (TPSA) is 46.9 Å². The number of aromatic nitrogens is 2. The molecule has 94 valence electrons. The number of hydrogen-bond acceptors (Lipinski definition) is 2. The molecule has 0 aliphatic rings. The first-order valence-electron chi connectivity index (χ1n) is 5.59. The first-order chi connectivity index (χ1) is 8.56. The second-order valence-corrected chi connectivity index (χ2v) is 5.01. The number of benzene rings is 1. The maximum atomic E-state index is 11.9. The van der Waals surface area contributed by atoms with Crippen LogP contribution < -0.4 is 5.32 Å². The van der Waals surface area contributed by atoms with Crippen LogP contribution in [0.3, 0.4) is 0 Å². The second-order valence-electron chi connectivity index (χ2n) is 4.09. The van der Waals surface area contributed by atoms with Crippen LogP contribution in [0, 0.1) is 6.92 Å². The zero-order chi connectivity index (χ0) is 13.1. The third kappa shape index (κ3) is 2.98. The van der Waals surface area contributed by atoms with E-state index in [0.29, 0.717) is 12.1 Å². The Labute approximate surface area is 114 Å². The molecule has 2 rings (SSSR count). The minimum absolute atomic E-state index is 0.0976. The average Bonchev–Trinajstić information content (AvgIpc) is 2.66. The van der Waals surface area contributed by atoms with Crippen molar-refractivity contribution in [3.63, 3.8) is 0 Å². The number of aryl methyl sites for hydroxylation is 2. The molecule has 1 heterocycles. The summed E-state index contributed by atoms with van der Waals surface area (Å²) in [6.45, 7) is 2.42. The molecule has 0 unspecified atom stereocenters. The predicted molar refractivity (Wildman–Crippen MR) is 73.3 cm³/mol. The van der Waals surface area contributed by atoms with Gasteiger partial charge in [-0.1, -0.05) is 22.0 Å². The van der Waals surface area contributed by atoms with E-state index in [9.17, 15) is 4.79 Å². The summed E-state index contributed by atoms with van der Waals surface area (Å²) in [5, 5.41) is 7.13. The smallest absolute Gasteiger partial charge is 0.251 e. The highest BCUT2D eigenvalue weighted by molar-refractivity contribution is 9.10. The Morgan fingerprint density at radius 1 is 1.44 bits per heavy atom. The molecule has 1 aromatic carbocycles. The van der Waals surface area contributed by atoms with Crippen LogP contribution in [0.15, 0.2) is 34.8 Å². The summed E-state index contributed by atoms with van der Waals surface area (Å²) in [5.41, 5.74) is 2.57. The number of amides is 1. The summed E-state index contributed by atoms with van der Waals surface area (Å²) in [4.78, 5) is 11.9. The Balaban J connectivity index is 2.00. The lowest BCUT2D eigenvalue weighted by Crippen LogP contribution is -2.23.